The van der Waals surface area contributed by atoms with Crippen molar-refractivity contribution in [2.45, 2.75) is 18.9 Å². The van der Waals surface area contributed by atoms with Crippen molar-refractivity contribution in [3.8, 4) is 11.1 Å². The fourth-order valence-corrected chi connectivity index (χ4v) is 2.75. The van der Waals surface area contributed by atoms with Crippen LogP contribution in [0.3, 0.4) is 0 Å². The van der Waals surface area contributed by atoms with Crippen molar-refractivity contribution < 1.29 is 14.0 Å². The second-order valence-electron chi connectivity index (χ2n) is 6.31. The van der Waals surface area contributed by atoms with Crippen LogP contribution in [-0.2, 0) is 0 Å². The van der Waals surface area contributed by atoms with E-state index in [0.29, 0.717) is 11.3 Å². The van der Waals surface area contributed by atoms with Gasteiger partial charge in [0.1, 0.15) is 0 Å². The molecular formula is C21H18N2O3. The molecule has 0 spiro atoms. The summed E-state index contributed by atoms with van der Waals surface area (Å²) in [5.41, 5.74) is 2.71. The molecule has 0 saturated heterocycles. The zero-order chi connectivity index (χ0) is 17.9. The van der Waals surface area contributed by atoms with Gasteiger partial charge in [0, 0.05) is 22.9 Å². The first kappa shape index (κ1) is 16.1. The van der Waals surface area contributed by atoms with Crippen LogP contribution < -0.4 is 10.6 Å². The zero-order valence-electron chi connectivity index (χ0n) is 14.1. The largest absolute Gasteiger partial charge is 0.459 e. The molecule has 1 fully saturated rings. The molecule has 2 amide bonds. The number of amides is 2. The van der Waals surface area contributed by atoms with Crippen LogP contribution in [0.1, 0.15) is 33.8 Å². The number of nitrogens with one attached hydrogen (secondary N) is 2. The van der Waals surface area contributed by atoms with Gasteiger partial charge in [-0.15, -0.1) is 0 Å². The van der Waals surface area contributed by atoms with Crippen molar-refractivity contribution in [2.75, 3.05) is 5.32 Å². The van der Waals surface area contributed by atoms with E-state index in [9.17, 15) is 9.59 Å². The van der Waals surface area contributed by atoms with Crippen molar-refractivity contribution in [2.24, 2.45) is 0 Å². The predicted octanol–water partition coefficient (Wildman–Crippen LogP) is 4.09. The highest BCUT2D eigenvalue weighted by Crippen LogP contribution is 2.26. The maximum Gasteiger partial charge on any atom is 0.292 e. The van der Waals surface area contributed by atoms with E-state index in [2.05, 4.69) is 10.6 Å². The number of hydrogen-bond acceptors (Lipinski definition) is 3. The summed E-state index contributed by atoms with van der Waals surface area (Å²) >= 11 is 0. The van der Waals surface area contributed by atoms with E-state index in [0.717, 1.165) is 24.0 Å². The Balaban J connectivity index is 1.52. The molecule has 0 radical (unpaired) electrons. The van der Waals surface area contributed by atoms with Crippen LogP contribution in [0.15, 0.2) is 71.3 Å². The van der Waals surface area contributed by atoms with Gasteiger partial charge in [-0.2, -0.15) is 0 Å². The Labute approximate surface area is 151 Å². The summed E-state index contributed by atoms with van der Waals surface area (Å²) in [6.07, 6.45) is 3.56. The first-order valence-electron chi connectivity index (χ1n) is 8.56. The third kappa shape index (κ3) is 3.52. The number of carbonyl (C=O) groups is 2. The SMILES string of the molecule is O=C(NC1CC1)c1cccc(NC(=O)c2occc2-c2ccccc2)c1. The van der Waals surface area contributed by atoms with E-state index in [4.69, 9.17) is 4.42 Å². The Bertz CT molecular complexity index is 943. The summed E-state index contributed by atoms with van der Waals surface area (Å²) in [7, 11) is 0. The lowest BCUT2D eigenvalue weighted by molar-refractivity contribution is 0.0949. The summed E-state index contributed by atoms with van der Waals surface area (Å²) in [5.74, 6) is -0.232. The summed E-state index contributed by atoms with van der Waals surface area (Å²) in [5, 5.41) is 5.74. The number of benzene rings is 2. The predicted molar refractivity (Wildman–Crippen MR) is 99.0 cm³/mol. The molecule has 2 N–H and O–H groups in total. The molecule has 0 atom stereocenters. The Morgan fingerprint density at radius 3 is 2.50 bits per heavy atom. The lowest BCUT2D eigenvalue weighted by atomic mass is 10.1. The van der Waals surface area contributed by atoms with Crippen LogP contribution in [0, 0.1) is 0 Å². The van der Waals surface area contributed by atoms with Crippen molar-refractivity contribution >= 4 is 17.5 Å². The summed E-state index contributed by atoms with van der Waals surface area (Å²) in [6, 6.07) is 18.5. The molecule has 1 aliphatic rings. The molecule has 0 unspecified atom stereocenters. The minimum atomic E-state index is -0.353. The third-order valence-electron chi connectivity index (χ3n) is 4.25. The first-order valence-corrected chi connectivity index (χ1v) is 8.56. The maximum atomic E-state index is 12.6. The Hall–Kier alpha value is -3.34. The normalized spacial score (nSPS) is 13.2. The monoisotopic (exact) mass is 346 g/mol. The Morgan fingerprint density at radius 2 is 1.73 bits per heavy atom. The number of rotatable bonds is 5. The second-order valence-corrected chi connectivity index (χ2v) is 6.31. The van der Waals surface area contributed by atoms with Gasteiger partial charge >= 0.3 is 0 Å². The first-order chi connectivity index (χ1) is 12.7. The molecule has 2 aromatic carbocycles. The maximum absolute atomic E-state index is 12.6. The number of carbonyl (C=O) groups excluding carboxylic acids is 2. The van der Waals surface area contributed by atoms with Gasteiger partial charge in [0.25, 0.3) is 11.8 Å². The van der Waals surface area contributed by atoms with E-state index in [-0.39, 0.29) is 23.6 Å². The van der Waals surface area contributed by atoms with Crippen LogP contribution in [-0.4, -0.2) is 17.9 Å². The summed E-state index contributed by atoms with van der Waals surface area (Å²) in [6.45, 7) is 0. The molecule has 1 aromatic heterocycles. The van der Waals surface area contributed by atoms with Crippen LogP contribution in [0.5, 0.6) is 0 Å². The molecule has 4 rings (SSSR count). The van der Waals surface area contributed by atoms with Gasteiger partial charge < -0.3 is 15.1 Å². The van der Waals surface area contributed by atoms with E-state index in [1.807, 2.05) is 30.3 Å². The highest BCUT2D eigenvalue weighted by Gasteiger charge is 2.24. The van der Waals surface area contributed by atoms with Gasteiger partial charge in [-0.3, -0.25) is 9.59 Å². The average molecular weight is 346 g/mol. The smallest absolute Gasteiger partial charge is 0.292 e. The van der Waals surface area contributed by atoms with Gasteiger partial charge in [0.15, 0.2) is 5.76 Å². The van der Waals surface area contributed by atoms with Gasteiger partial charge in [-0.05, 0) is 42.7 Å². The molecule has 0 bridgehead atoms. The zero-order valence-corrected chi connectivity index (χ0v) is 14.1. The molecule has 130 valence electrons. The molecule has 5 heteroatoms. The van der Waals surface area contributed by atoms with E-state index < -0.39 is 0 Å². The van der Waals surface area contributed by atoms with Crippen molar-refractivity contribution in [3.63, 3.8) is 0 Å². The van der Waals surface area contributed by atoms with Crippen LogP contribution in [0.4, 0.5) is 5.69 Å². The molecule has 3 aromatic rings. The highest BCUT2D eigenvalue weighted by molar-refractivity contribution is 6.07. The van der Waals surface area contributed by atoms with Gasteiger partial charge in [0.05, 0.1) is 6.26 Å². The topological polar surface area (TPSA) is 71.3 Å². The second kappa shape index (κ2) is 6.88. The Morgan fingerprint density at radius 1 is 0.923 bits per heavy atom. The van der Waals surface area contributed by atoms with Crippen molar-refractivity contribution in [3.05, 3.63) is 78.3 Å². The van der Waals surface area contributed by atoms with Crippen molar-refractivity contribution in [1.29, 1.82) is 0 Å². The minimum Gasteiger partial charge on any atom is -0.459 e. The number of hydrogen-bond donors (Lipinski definition) is 2. The van der Waals surface area contributed by atoms with E-state index in [1.54, 1.807) is 30.3 Å². The van der Waals surface area contributed by atoms with Crippen LogP contribution in [0.25, 0.3) is 11.1 Å². The highest BCUT2D eigenvalue weighted by atomic mass is 16.3. The fourth-order valence-electron chi connectivity index (χ4n) is 2.75. The summed E-state index contributed by atoms with van der Waals surface area (Å²) < 4.78 is 5.40. The van der Waals surface area contributed by atoms with Gasteiger partial charge in [-0.1, -0.05) is 36.4 Å². The van der Waals surface area contributed by atoms with E-state index in [1.165, 1.54) is 6.26 Å². The molecule has 1 saturated carbocycles. The molecule has 1 aliphatic carbocycles. The van der Waals surface area contributed by atoms with Gasteiger partial charge in [-0.25, -0.2) is 0 Å². The average Bonchev–Trinajstić information content (AvgIpc) is 3.34. The number of furan rings is 1. The minimum absolute atomic E-state index is 0.119. The summed E-state index contributed by atoms with van der Waals surface area (Å²) in [4.78, 5) is 24.8. The third-order valence-corrected chi connectivity index (χ3v) is 4.25. The standard InChI is InChI=1S/C21H18N2O3/c24-20(22-16-9-10-16)15-7-4-8-17(13-15)23-21(25)19-18(11-12-26-19)14-5-2-1-3-6-14/h1-8,11-13,16H,9-10H2,(H,22,24)(H,23,25). The molecule has 26 heavy (non-hydrogen) atoms. The lowest BCUT2D eigenvalue weighted by Crippen LogP contribution is -2.25. The lowest BCUT2D eigenvalue weighted by Gasteiger charge is -2.08. The van der Waals surface area contributed by atoms with E-state index >= 15 is 0 Å². The Kier molecular flexibility index (Phi) is 4.27. The quantitative estimate of drug-likeness (QED) is 0.731. The fraction of sp³-hybridized carbons (Fsp3) is 0.143. The molecule has 5 nitrogen and oxygen atoms in total. The van der Waals surface area contributed by atoms with Crippen LogP contribution in [0.2, 0.25) is 0 Å². The molecule has 0 aliphatic heterocycles. The molecule has 1 heterocycles. The van der Waals surface area contributed by atoms with Crippen LogP contribution >= 0.6 is 0 Å². The van der Waals surface area contributed by atoms with Crippen molar-refractivity contribution in [1.82, 2.24) is 5.32 Å². The van der Waals surface area contributed by atoms with Gasteiger partial charge in [0.2, 0.25) is 0 Å². The molecular weight excluding hydrogens is 328 g/mol. The number of anilines is 1.